The van der Waals surface area contributed by atoms with E-state index in [-0.39, 0.29) is 50.2 Å². The molecule has 0 radical (unpaired) electrons. The number of halogens is 2. The molecule has 146 valence electrons. The maximum absolute atomic E-state index is 12.4. The van der Waals surface area contributed by atoms with Gasteiger partial charge in [0.2, 0.25) is 0 Å². The van der Waals surface area contributed by atoms with Crippen LogP contribution in [0.5, 0.6) is 0 Å². The molecular weight excluding hydrogens is 434 g/mol. The number of amides is 1. The number of rotatable bonds is 8. The molecule has 0 aliphatic rings. The Morgan fingerprint density at radius 3 is 2.25 bits per heavy atom. The molecule has 2 rings (SSSR count). The summed E-state index contributed by atoms with van der Waals surface area (Å²) in [6.45, 7) is 2.39. The van der Waals surface area contributed by atoms with Crippen LogP contribution in [0.25, 0.3) is 4.72 Å². The number of hydrogen-bond donors (Lipinski definition) is 1. The molecule has 0 aliphatic carbocycles. The minimum Gasteiger partial charge on any atom is -0.570 e. The van der Waals surface area contributed by atoms with E-state index in [1.54, 1.807) is 6.07 Å². The maximum Gasteiger partial charge on any atom is 1.00 e. The molecule has 0 saturated heterocycles. The first-order chi connectivity index (χ1) is 12.8. The SMILES string of the molecule is CCCCCOC(=O)Nc1ccc(S(=O)(=O)[N-]c2c(Cl)cccc2Cl)cc1.[Na+]. The van der Waals surface area contributed by atoms with Crippen LogP contribution in [0.4, 0.5) is 16.2 Å². The van der Waals surface area contributed by atoms with Crippen LogP contribution >= 0.6 is 23.2 Å². The predicted molar refractivity (Wildman–Crippen MR) is 108 cm³/mol. The molecule has 0 aromatic heterocycles. The van der Waals surface area contributed by atoms with Crippen molar-refractivity contribution in [1.82, 2.24) is 0 Å². The number of anilines is 1. The van der Waals surface area contributed by atoms with Crippen LogP contribution in [0.15, 0.2) is 47.4 Å². The first-order valence-electron chi connectivity index (χ1n) is 8.29. The van der Waals surface area contributed by atoms with Gasteiger partial charge in [0.15, 0.2) is 0 Å². The van der Waals surface area contributed by atoms with Crippen molar-refractivity contribution < 1.29 is 47.5 Å². The molecule has 0 saturated carbocycles. The molecule has 2 aromatic carbocycles. The molecule has 10 heteroatoms. The third-order valence-corrected chi connectivity index (χ3v) is 5.43. The number of unbranched alkanes of at least 4 members (excludes halogenated alkanes) is 2. The first kappa shape index (κ1) is 25.1. The average molecular weight is 453 g/mol. The number of sulfonamides is 1. The summed E-state index contributed by atoms with van der Waals surface area (Å²) in [7, 11) is -4.01. The molecule has 6 nitrogen and oxygen atoms in total. The predicted octanol–water partition coefficient (Wildman–Crippen LogP) is 3.13. The minimum absolute atomic E-state index is 0. The van der Waals surface area contributed by atoms with Crippen molar-refractivity contribution in [2.24, 2.45) is 0 Å². The Morgan fingerprint density at radius 1 is 1.07 bits per heavy atom. The van der Waals surface area contributed by atoms with Gasteiger partial charge in [0.25, 0.3) is 0 Å². The minimum atomic E-state index is -4.01. The quantitative estimate of drug-likeness (QED) is 0.492. The van der Waals surface area contributed by atoms with E-state index in [4.69, 9.17) is 27.9 Å². The van der Waals surface area contributed by atoms with Crippen molar-refractivity contribution in [3.8, 4) is 0 Å². The number of carbonyl (C=O) groups excluding carboxylic acids is 1. The van der Waals surface area contributed by atoms with Gasteiger partial charge in [-0.1, -0.05) is 54.7 Å². The third kappa shape index (κ3) is 7.46. The molecule has 0 atom stereocenters. The van der Waals surface area contributed by atoms with E-state index < -0.39 is 16.1 Å². The molecule has 0 heterocycles. The Kier molecular flexibility index (Phi) is 10.7. The molecule has 1 N–H and O–H groups in total. The number of carbonyl (C=O) groups is 1. The van der Waals surface area contributed by atoms with Crippen molar-refractivity contribution in [3.05, 3.63) is 57.2 Å². The summed E-state index contributed by atoms with van der Waals surface area (Å²) in [6, 6.07) is 10.2. The van der Waals surface area contributed by atoms with Gasteiger partial charge in [-0.15, -0.1) is 0 Å². The Morgan fingerprint density at radius 2 is 1.68 bits per heavy atom. The van der Waals surface area contributed by atoms with Crippen LogP contribution in [0, 0.1) is 0 Å². The van der Waals surface area contributed by atoms with Crippen molar-refractivity contribution in [2.75, 3.05) is 11.9 Å². The van der Waals surface area contributed by atoms with Crippen LogP contribution in [0.2, 0.25) is 10.0 Å². The van der Waals surface area contributed by atoms with Crippen molar-refractivity contribution in [1.29, 1.82) is 0 Å². The topological polar surface area (TPSA) is 86.6 Å². The van der Waals surface area contributed by atoms with Crippen LogP contribution in [0.3, 0.4) is 0 Å². The molecule has 28 heavy (non-hydrogen) atoms. The smallest absolute Gasteiger partial charge is 0.570 e. The zero-order valence-electron chi connectivity index (χ0n) is 15.6. The largest absolute Gasteiger partial charge is 1.00 e. The van der Waals surface area contributed by atoms with Gasteiger partial charge in [-0.3, -0.25) is 5.32 Å². The van der Waals surface area contributed by atoms with Gasteiger partial charge in [-0.05, 0) is 42.8 Å². The molecule has 0 spiro atoms. The van der Waals surface area contributed by atoms with E-state index in [1.165, 1.54) is 36.4 Å². The molecular formula is C18H19Cl2N2NaO4S. The van der Waals surface area contributed by atoms with Crippen LogP contribution < -0.4 is 34.9 Å². The molecule has 2 aromatic rings. The summed E-state index contributed by atoms with van der Waals surface area (Å²) in [5.74, 6) is 0. The number of nitrogens with one attached hydrogen (secondary N) is 1. The van der Waals surface area contributed by atoms with Gasteiger partial charge in [-0.25, -0.2) is 13.2 Å². The zero-order chi connectivity index (χ0) is 19.9. The van der Waals surface area contributed by atoms with Gasteiger partial charge in [0, 0.05) is 15.7 Å². The fraction of sp³-hybridized carbons (Fsp3) is 0.278. The maximum atomic E-state index is 12.4. The number of benzene rings is 2. The Balaban J connectivity index is 0.00000392. The molecule has 1 amide bonds. The number of hydrogen-bond acceptors (Lipinski definition) is 4. The summed E-state index contributed by atoms with van der Waals surface area (Å²) < 4.78 is 33.6. The Bertz CT molecular complexity index is 873. The van der Waals surface area contributed by atoms with Crippen LogP contribution in [0.1, 0.15) is 26.2 Å². The van der Waals surface area contributed by atoms with Crippen molar-refractivity contribution >= 4 is 50.7 Å². The van der Waals surface area contributed by atoms with E-state index in [9.17, 15) is 13.2 Å². The average Bonchev–Trinajstić information content (AvgIpc) is 2.62. The standard InChI is InChI=1S/C18H19Cl2N2O4S.Na/c1-2-3-4-12-26-18(23)21-13-8-10-14(11-9-13)27(24,25)22-17-15(19)6-5-7-16(17)20;/h5-11H,2-4,12H2,1H3,(H,21,23);/q-1;+1. The number of nitrogens with zero attached hydrogens (tertiary/aromatic N) is 1. The molecule has 0 bridgehead atoms. The molecule has 0 fully saturated rings. The second-order valence-corrected chi connectivity index (χ2v) is 8.05. The van der Waals surface area contributed by atoms with E-state index in [1.807, 2.05) is 0 Å². The fourth-order valence-corrected chi connectivity index (χ4v) is 3.73. The second kappa shape index (κ2) is 11.9. The summed E-state index contributed by atoms with van der Waals surface area (Å²) in [6.07, 6.45) is 2.23. The molecule has 0 unspecified atom stereocenters. The Labute approximate surface area is 197 Å². The van der Waals surface area contributed by atoms with Crippen molar-refractivity contribution in [2.45, 2.75) is 31.1 Å². The first-order valence-corrected chi connectivity index (χ1v) is 10.5. The molecule has 0 aliphatic heterocycles. The third-order valence-electron chi connectivity index (χ3n) is 3.53. The monoisotopic (exact) mass is 452 g/mol. The summed E-state index contributed by atoms with van der Waals surface area (Å²) in [4.78, 5) is 11.6. The summed E-state index contributed by atoms with van der Waals surface area (Å²) in [5.41, 5.74) is 0.393. The van der Waals surface area contributed by atoms with E-state index in [0.29, 0.717) is 12.3 Å². The van der Waals surface area contributed by atoms with Crippen LogP contribution in [-0.4, -0.2) is 21.1 Å². The fourth-order valence-electron chi connectivity index (χ4n) is 2.13. The van der Waals surface area contributed by atoms with Gasteiger partial charge in [-0.2, -0.15) is 0 Å². The van der Waals surface area contributed by atoms with Gasteiger partial charge in [0.1, 0.15) is 10.0 Å². The van der Waals surface area contributed by atoms with E-state index in [2.05, 4.69) is 17.0 Å². The van der Waals surface area contributed by atoms with Crippen LogP contribution in [-0.2, 0) is 14.8 Å². The Hall–Kier alpha value is -0.960. The summed E-state index contributed by atoms with van der Waals surface area (Å²) >= 11 is 11.9. The van der Waals surface area contributed by atoms with Crippen molar-refractivity contribution in [3.63, 3.8) is 0 Å². The zero-order valence-corrected chi connectivity index (χ0v) is 19.9. The van der Waals surface area contributed by atoms with Gasteiger partial charge >= 0.3 is 35.7 Å². The summed E-state index contributed by atoms with van der Waals surface area (Å²) in [5, 5.41) is 2.81. The van der Waals surface area contributed by atoms with Gasteiger partial charge in [0.05, 0.1) is 11.5 Å². The number of ether oxygens (including phenoxy) is 1. The normalized spacial score (nSPS) is 10.7. The van der Waals surface area contributed by atoms with Gasteiger partial charge < -0.3 is 9.46 Å². The second-order valence-electron chi connectivity index (χ2n) is 5.63. The van der Waals surface area contributed by atoms with E-state index in [0.717, 1.165) is 19.3 Å². The van der Waals surface area contributed by atoms with E-state index >= 15 is 0 Å².